The monoisotopic (exact) mass is 382 g/mol. The molecule has 2 aromatic carbocycles. The first kappa shape index (κ1) is 17.2. The Hall–Kier alpha value is -3.87. The van der Waals surface area contributed by atoms with Gasteiger partial charge in [-0.3, -0.25) is 4.98 Å². The molecule has 3 heterocycles. The highest BCUT2D eigenvalue weighted by atomic mass is 16.5. The molecule has 0 fully saturated rings. The van der Waals surface area contributed by atoms with E-state index in [0.717, 1.165) is 27.7 Å². The Labute approximate surface area is 167 Å². The third-order valence-corrected chi connectivity index (χ3v) is 4.73. The number of aromatic nitrogens is 6. The largest absolute Gasteiger partial charge is 0.334 e. The van der Waals surface area contributed by atoms with Crippen molar-refractivity contribution in [2.45, 2.75) is 19.9 Å². The lowest BCUT2D eigenvalue weighted by Gasteiger charge is -2.04. The fraction of sp³-hybridized carbons (Fsp3) is 0.136. The van der Waals surface area contributed by atoms with E-state index in [0.29, 0.717) is 17.4 Å². The lowest BCUT2D eigenvalue weighted by Crippen LogP contribution is -2.02. The fourth-order valence-electron chi connectivity index (χ4n) is 3.23. The van der Waals surface area contributed by atoms with Gasteiger partial charge in [0.05, 0.1) is 5.52 Å². The molecule has 0 aliphatic rings. The van der Waals surface area contributed by atoms with E-state index in [-0.39, 0.29) is 6.04 Å². The van der Waals surface area contributed by atoms with E-state index in [1.165, 1.54) is 0 Å². The van der Waals surface area contributed by atoms with Gasteiger partial charge in [0.1, 0.15) is 11.2 Å². The summed E-state index contributed by atoms with van der Waals surface area (Å²) < 4.78 is 7.35. The van der Waals surface area contributed by atoms with Gasteiger partial charge < -0.3 is 4.52 Å². The van der Waals surface area contributed by atoms with Crippen molar-refractivity contribution < 1.29 is 4.52 Å². The van der Waals surface area contributed by atoms with E-state index < -0.39 is 0 Å². The molecule has 5 aromatic rings. The Morgan fingerprint density at radius 3 is 2.48 bits per heavy atom. The lowest BCUT2D eigenvalue weighted by atomic mass is 10.1. The summed E-state index contributed by atoms with van der Waals surface area (Å²) in [5.41, 5.74) is 5.38. The number of hydrogen-bond acceptors (Lipinski definition) is 6. The maximum absolute atomic E-state index is 5.47. The van der Waals surface area contributed by atoms with Crippen LogP contribution in [0.25, 0.3) is 45.1 Å². The van der Waals surface area contributed by atoms with Crippen LogP contribution in [0.1, 0.15) is 19.9 Å². The molecule has 0 aliphatic carbocycles. The molecule has 0 N–H and O–H groups in total. The highest BCUT2D eigenvalue weighted by Gasteiger charge is 2.14. The van der Waals surface area contributed by atoms with E-state index >= 15 is 0 Å². The van der Waals surface area contributed by atoms with Crippen LogP contribution in [-0.4, -0.2) is 30.1 Å². The predicted molar refractivity (Wildman–Crippen MR) is 110 cm³/mol. The summed E-state index contributed by atoms with van der Waals surface area (Å²) in [7, 11) is 0. The van der Waals surface area contributed by atoms with Crippen LogP contribution in [0.2, 0.25) is 0 Å². The van der Waals surface area contributed by atoms with Crippen LogP contribution in [0.15, 0.2) is 71.4 Å². The predicted octanol–water partition coefficient (Wildman–Crippen LogP) is 4.79. The van der Waals surface area contributed by atoms with Crippen LogP contribution in [0.4, 0.5) is 0 Å². The molecule has 0 bridgehead atoms. The van der Waals surface area contributed by atoms with E-state index in [9.17, 15) is 0 Å². The van der Waals surface area contributed by atoms with Gasteiger partial charge in [-0.2, -0.15) is 4.98 Å². The zero-order valence-corrected chi connectivity index (χ0v) is 16.0. The quantitative estimate of drug-likeness (QED) is 0.444. The van der Waals surface area contributed by atoms with Crippen LogP contribution in [0.3, 0.4) is 0 Å². The highest BCUT2D eigenvalue weighted by Crippen LogP contribution is 2.26. The van der Waals surface area contributed by atoms with Gasteiger partial charge in [0.25, 0.3) is 5.89 Å². The van der Waals surface area contributed by atoms with E-state index in [1.807, 2.05) is 59.4 Å². The second kappa shape index (κ2) is 6.94. The SMILES string of the molecule is CC(C)n1nnc2cc(-c3nc(-c4ccc(-c5ccccc5)cn4)no3)ccc21. The molecular formula is C22H18N6O. The minimum atomic E-state index is 0.241. The Morgan fingerprint density at radius 2 is 1.72 bits per heavy atom. The van der Waals surface area contributed by atoms with Crippen molar-refractivity contribution >= 4 is 11.0 Å². The van der Waals surface area contributed by atoms with Crippen molar-refractivity contribution in [3.05, 3.63) is 66.9 Å². The molecule has 0 saturated carbocycles. The molecule has 0 unspecified atom stereocenters. The van der Waals surface area contributed by atoms with Gasteiger partial charge in [0.2, 0.25) is 5.82 Å². The minimum Gasteiger partial charge on any atom is -0.334 e. The fourth-order valence-corrected chi connectivity index (χ4v) is 3.23. The molecule has 0 saturated heterocycles. The molecule has 0 radical (unpaired) electrons. The van der Waals surface area contributed by atoms with Gasteiger partial charge in [-0.25, -0.2) is 4.68 Å². The average molecular weight is 382 g/mol. The first-order chi connectivity index (χ1) is 14.2. The van der Waals surface area contributed by atoms with Crippen molar-refractivity contribution in [1.29, 1.82) is 0 Å². The summed E-state index contributed by atoms with van der Waals surface area (Å²) >= 11 is 0. The highest BCUT2D eigenvalue weighted by molar-refractivity contribution is 5.80. The van der Waals surface area contributed by atoms with Gasteiger partial charge >= 0.3 is 0 Å². The summed E-state index contributed by atoms with van der Waals surface area (Å²) in [6.45, 7) is 4.14. The van der Waals surface area contributed by atoms with Gasteiger partial charge in [0.15, 0.2) is 0 Å². The van der Waals surface area contributed by atoms with Crippen molar-refractivity contribution in [2.24, 2.45) is 0 Å². The molecule has 0 atom stereocenters. The van der Waals surface area contributed by atoms with Crippen LogP contribution < -0.4 is 0 Å². The first-order valence-corrected chi connectivity index (χ1v) is 9.40. The Balaban J connectivity index is 1.44. The van der Waals surface area contributed by atoms with Crippen LogP contribution in [-0.2, 0) is 0 Å². The lowest BCUT2D eigenvalue weighted by molar-refractivity contribution is 0.432. The summed E-state index contributed by atoms with van der Waals surface area (Å²) in [5.74, 6) is 0.875. The third-order valence-electron chi connectivity index (χ3n) is 4.73. The summed E-state index contributed by atoms with van der Waals surface area (Å²) in [6.07, 6.45) is 1.82. The maximum atomic E-state index is 5.47. The van der Waals surface area contributed by atoms with Crippen LogP contribution in [0.5, 0.6) is 0 Å². The summed E-state index contributed by atoms with van der Waals surface area (Å²) in [6, 6.07) is 20.1. The zero-order chi connectivity index (χ0) is 19.8. The van der Waals surface area contributed by atoms with Gasteiger partial charge in [-0.15, -0.1) is 5.10 Å². The van der Waals surface area contributed by atoms with Gasteiger partial charge in [-0.1, -0.05) is 46.8 Å². The Morgan fingerprint density at radius 1 is 0.897 bits per heavy atom. The maximum Gasteiger partial charge on any atom is 0.258 e. The average Bonchev–Trinajstić information content (AvgIpc) is 3.41. The molecule has 0 aliphatic heterocycles. The molecule has 7 heteroatoms. The molecule has 0 amide bonds. The minimum absolute atomic E-state index is 0.241. The Bertz CT molecular complexity index is 1270. The van der Waals surface area contributed by atoms with Crippen LogP contribution >= 0.6 is 0 Å². The number of benzene rings is 2. The second-order valence-electron chi connectivity index (χ2n) is 7.05. The smallest absolute Gasteiger partial charge is 0.258 e. The Kier molecular flexibility index (Phi) is 4.13. The summed E-state index contributed by atoms with van der Waals surface area (Å²) in [5, 5.41) is 12.5. The topological polar surface area (TPSA) is 82.5 Å². The van der Waals surface area contributed by atoms with Crippen molar-refractivity contribution in [3.63, 3.8) is 0 Å². The molecule has 0 spiro atoms. The molecular weight excluding hydrogens is 364 g/mol. The second-order valence-corrected chi connectivity index (χ2v) is 7.05. The zero-order valence-electron chi connectivity index (χ0n) is 16.0. The normalized spacial score (nSPS) is 11.4. The number of fused-ring (bicyclic) bond motifs is 1. The number of rotatable bonds is 4. The molecule has 142 valence electrons. The number of pyridine rings is 1. The van der Waals surface area contributed by atoms with E-state index in [4.69, 9.17) is 4.52 Å². The molecule has 29 heavy (non-hydrogen) atoms. The van der Waals surface area contributed by atoms with E-state index in [2.05, 4.69) is 51.4 Å². The van der Waals surface area contributed by atoms with Crippen LogP contribution in [0, 0.1) is 0 Å². The van der Waals surface area contributed by atoms with Gasteiger partial charge in [0, 0.05) is 23.4 Å². The van der Waals surface area contributed by atoms with E-state index in [1.54, 1.807) is 0 Å². The van der Waals surface area contributed by atoms with Gasteiger partial charge in [-0.05, 0) is 43.7 Å². The molecule has 5 rings (SSSR count). The standard InChI is InChI=1S/C22H18N6O/c1-14(2)28-20-11-9-16(12-19(20)25-27-28)22-24-21(26-29-22)18-10-8-17(13-23-18)15-6-4-3-5-7-15/h3-14H,1-2H3. The van der Waals surface area contributed by atoms with Crippen molar-refractivity contribution in [1.82, 2.24) is 30.1 Å². The number of nitrogens with zero attached hydrogens (tertiary/aromatic N) is 6. The van der Waals surface area contributed by atoms with Crippen molar-refractivity contribution in [3.8, 4) is 34.1 Å². The molecule has 7 nitrogen and oxygen atoms in total. The molecule has 3 aromatic heterocycles. The van der Waals surface area contributed by atoms with Crippen molar-refractivity contribution in [2.75, 3.05) is 0 Å². The first-order valence-electron chi connectivity index (χ1n) is 9.40. The number of hydrogen-bond donors (Lipinski definition) is 0. The summed E-state index contributed by atoms with van der Waals surface area (Å²) in [4.78, 5) is 9.00. The third kappa shape index (κ3) is 3.16.